The second-order valence-corrected chi connectivity index (χ2v) is 5.06. The van der Waals surface area contributed by atoms with E-state index in [2.05, 4.69) is 35.6 Å². The van der Waals surface area contributed by atoms with Crippen LogP contribution in [0.5, 0.6) is 0 Å². The number of aryl methyl sites for hydroxylation is 1. The summed E-state index contributed by atoms with van der Waals surface area (Å²) in [5, 5.41) is 4.39. The van der Waals surface area contributed by atoms with Gasteiger partial charge in [-0.05, 0) is 30.4 Å². The van der Waals surface area contributed by atoms with Crippen molar-refractivity contribution in [3.05, 3.63) is 53.3 Å². The zero-order chi connectivity index (χ0) is 12.4. The summed E-state index contributed by atoms with van der Waals surface area (Å²) < 4.78 is 2.04. The second kappa shape index (κ2) is 4.94. The summed E-state index contributed by atoms with van der Waals surface area (Å²) in [7, 11) is 0. The third kappa shape index (κ3) is 2.18. The first-order valence-corrected chi connectivity index (χ1v) is 6.66. The van der Waals surface area contributed by atoms with Crippen molar-refractivity contribution in [2.75, 3.05) is 0 Å². The van der Waals surface area contributed by atoms with Gasteiger partial charge in [0.1, 0.15) is 0 Å². The van der Waals surface area contributed by atoms with Crippen LogP contribution >= 0.6 is 0 Å². The summed E-state index contributed by atoms with van der Waals surface area (Å²) in [5.74, 6) is 0.598. The number of aromatic nitrogens is 2. The van der Waals surface area contributed by atoms with E-state index in [0.717, 1.165) is 12.1 Å². The van der Waals surface area contributed by atoms with E-state index >= 15 is 0 Å². The van der Waals surface area contributed by atoms with Crippen LogP contribution in [-0.4, -0.2) is 9.78 Å². The van der Waals surface area contributed by atoms with Gasteiger partial charge in [0.15, 0.2) is 0 Å². The minimum absolute atomic E-state index is 0.571. The third-order valence-corrected chi connectivity index (χ3v) is 3.82. The van der Waals surface area contributed by atoms with Crippen LogP contribution in [-0.2, 0) is 19.5 Å². The number of nitrogens with zero attached hydrogens (tertiary/aromatic N) is 2. The van der Waals surface area contributed by atoms with Gasteiger partial charge >= 0.3 is 0 Å². The van der Waals surface area contributed by atoms with E-state index in [1.54, 1.807) is 0 Å². The molecular weight excluding hydrogens is 222 g/mol. The first-order chi connectivity index (χ1) is 8.86. The Kier molecular flexibility index (Phi) is 3.15. The maximum Gasteiger partial charge on any atom is 0.0534 e. The highest BCUT2D eigenvalue weighted by Gasteiger charge is 2.20. The fourth-order valence-electron chi connectivity index (χ4n) is 2.88. The highest BCUT2D eigenvalue weighted by molar-refractivity contribution is 5.32. The van der Waals surface area contributed by atoms with Crippen molar-refractivity contribution in [1.82, 2.24) is 9.78 Å². The molecule has 1 aromatic carbocycles. The number of benzene rings is 1. The molecule has 18 heavy (non-hydrogen) atoms. The van der Waals surface area contributed by atoms with E-state index in [1.807, 2.05) is 10.9 Å². The highest BCUT2D eigenvalue weighted by Crippen LogP contribution is 2.32. The SMILES string of the molecule is NCc1cnn(CC2CCCc3ccccc32)c1. The highest BCUT2D eigenvalue weighted by atomic mass is 15.3. The van der Waals surface area contributed by atoms with Gasteiger partial charge in [-0.15, -0.1) is 0 Å². The molecule has 2 aromatic rings. The van der Waals surface area contributed by atoms with Crippen LogP contribution in [0, 0.1) is 0 Å². The predicted molar refractivity (Wildman–Crippen MR) is 72.2 cm³/mol. The standard InChI is InChI=1S/C15H19N3/c16-8-12-9-17-18(10-12)11-14-6-3-5-13-4-1-2-7-15(13)14/h1-2,4,7,9-10,14H,3,5-6,8,11,16H2. The van der Waals surface area contributed by atoms with Gasteiger partial charge in [-0.3, -0.25) is 4.68 Å². The molecule has 2 N–H and O–H groups in total. The predicted octanol–water partition coefficient (Wildman–Crippen LogP) is 2.46. The molecule has 1 aliphatic rings. The molecule has 3 heteroatoms. The van der Waals surface area contributed by atoms with E-state index in [4.69, 9.17) is 5.73 Å². The lowest BCUT2D eigenvalue weighted by Gasteiger charge is -2.25. The Balaban J connectivity index is 1.81. The van der Waals surface area contributed by atoms with Gasteiger partial charge < -0.3 is 5.73 Å². The first-order valence-electron chi connectivity index (χ1n) is 6.66. The zero-order valence-electron chi connectivity index (χ0n) is 10.5. The third-order valence-electron chi connectivity index (χ3n) is 3.82. The number of fused-ring (bicyclic) bond motifs is 1. The smallest absolute Gasteiger partial charge is 0.0534 e. The van der Waals surface area contributed by atoms with Crippen LogP contribution in [0.15, 0.2) is 36.7 Å². The summed E-state index contributed by atoms with van der Waals surface area (Å²) >= 11 is 0. The zero-order valence-corrected chi connectivity index (χ0v) is 10.5. The summed E-state index contributed by atoms with van der Waals surface area (Å²) in [6.45, 7) is 1.54. The van der Waals surface area contributed by atoms with Crippen molar-refractivity contribution in [3.63, 3.8) is 0 Å². The molecule has 1 unspecified atom stereocenters. The largest absolute Gasteiger partial charge is 0.326 e. The van der Waals surface area contributed by atoms with E-state index < -0.39 is 0 Å². The number of hydrogen-bond acceptors (Lipinski definition) is 2. The van der Waals surface area contributed by atoms with Crippen molar-refractivity contribution in [2.45, 2.75) is 38.3 Å². The first kappa shape index (κ1) is 11.5. The van der Waals surface area contributed by atoms with E-state index in [-0.39, 0.29) is 0 Å². The lowest BCUT2D eigenvalue weighted by molar-refractivity contribution is 0.457. The van der Waals surface area contributed by atoms with Gasteiger partial charge in [0.05, 0.1) is 6.20 Å². The van der Waals surface area contributed by atoms with Crippen LogP contribution in [0.25, 0.3) is 0 Å². The number of hydrogen-bond donors (Lipinski definition) is 1. The van der Waals surface area contributed by atoms with Crippen molar-refractivity contribution in [3.8, 4) is 0 Å². The quantitative estimate of drug-likeness (QED) is 0.897. The van der Waals surface area contributed by atoms with Gasteiger partial charge in [-0.25, -0.2) is 0 Å². The number of nitrogens with two attached hydrogens (primary N) is 1. The summed E-state index contributed by atoms with van der Waals surface area (Å²) in [6.07, 6.45) is 7.70. The fraction of sp³-hybridized carbons (Fsp3) is 0.400. The van der Waals surface area contributed by atoms with E-state index in [9.17, 15) is 0 Å². The van der Waals surface area contributed by atoms with Crippen LogP contribution in [0.4, 0.5) is 0 Å². The molecule has 0 spiro atoms. The molecule has 1 atom stereocenters. The van der Waals surface area contributed by atoms with Gasteiger partial charge in [0.25, 0.3) is 0 Å². The number of rotatable bonds is 3. The van der Waals surface area contributed by atoms with Crippen molar-refractivity contribution < 1.29 is 0 Å². The van der Waals surface area contributed by atoms with Crippen LogP contribution in [0.2, 0.25) is 0 Å². The monoisotopic (exact) mass is 241 g/mol. The van der Waals surface area contributed by atoms with E-state index in [0.29, 0.717) is 12.5 Å². The molecule has 0 radical (unpaired) electrons. The molecule has 1 aromatic heterocycles. The molecule has 0 bridgehead atoms. The Morgan fingerprint density at radius 1 is 1.33 bits per heavy atom. The molecule has 0 saturated heterocycles. The second-order valence-electron chi connectivity index (χ2n) is 5.06. The molecule has 0 amide bonds. The molecule has 3 rings (SSSR count). The average molecular weight is 241 g/mol. The van der Waals surface area contributed by atoms with Crippen LogP contribution in [0.3, 0.4) is 0 Å². The summed E-state index contributed by atoms with van der Waals surface area (Å²) in [6, 6.07) is 8.82. The Labute approximate surface area is 108 Å². The fourth-order valence-corrected chi connectivity index (χ4v) is 2.88. The Morgan fingerprint density at radius 3 is 3.06 bits per heavy atom. The average Bonchev–Trinajstić information content (AvgIpc) is 2.87. The molecule has 1 heterocycles. The molecule has 1 aliphatic carbocycles. The molecule has 0 saturated carbocycles. The minimum Gasteiger partial charge on any atom is -0.326 e. The normalized spacial score (nSPS) is 18.6. The lowest BCUT2D eigenvalue weighted by atomic mass is 9.83. The summed E-state index contributed by atoms with van der Waals surface area (Å²) in [5.41, 5.74) is 9.75. The van der Waals surface area contributed by atoms with Gasteiger partial charge in [-0.2, -0.15) is 5.10 Å². The van der Waals surface area contributed by atoms with Gasteiger partial charge in [0.2, 0.25) is 0 Å². The Hall–Kier alpha value is -1.61. The van der Waals surface area contributed by atoms with E-state index in [1.165, 1.54) is 30.4 Å². The molecule has 0 fully saturated rings. The van der Waals surface area contributed by atoms with Gasteiger partial charge in [-0.1, -0.05) is 24.3 Å². The summed E-state index contributed by atoms with van der Waals surface area (Å²) in [4.78, 5) is 0. The Bertz CT molecular complexity index is 530. The van der Waals surface area contributed by atoms with Gasteiger partial charge in [0, 0.05) is 30.8 Å². The Morgan fingerprint density at radius 2 is 2.22 bits per heavy atom. The molecule has 3 nitrogen and oxygen atoms in total. The minimum atomic E-state index is 0.571. The van der Waals surface area contributed by atoms with Crippen molar-refractivity contribution in [1.29, 1.82) is 0 Å². The van der Waals surface area contributed by atoms with Crippen LogP contribution < -0.4 is 5.73 Å². The van der Waals surface area contributed by atoms with Crippen LogP contribution in [0.1, 0.15) is 35.4 Å². The maximum absolute atomic E-state index is 5.62. The molecule has 94 valence electrons. The molecule has 0 aliphatic heterocycles. The topological polar surface area (TPSA) is 43.8 Å². The molecular formula is C15H19N3. The van der Waals surface area contributed by atoms with Crippen molar-refractivity contribution >= 4 is 0 Å². The lowest BCUT2D eigenvalue weighted by Crippen LogP contribution is -2.15. The maximum atomic E-state index is 5.62. The van der Waals surface area contributed by atoms with Crippen molar-refractivity contribution in [2.24, 2.45) is 5.73 Å².